The van der Waals surface area contributed by atoms with Crippen molar-refractivity contribution in [1.82, 2.24) is 4.98 Å². The number of halogens is 2. The van der Waals surface area contributed by atoms with Gasteiger partial charge in [-0.15, -0.1) is 0 Å². The lowest BCUT2D eigenvalue weighted by Crippen LogP contribution is -2.16. The molecule has 1 atom stereocenters. The lowest BCUT2D eigenvalue weighted by atomic mass is 9.87. The van der Waals surface area contributed by atoms with Crippen LogP contribution in [-0.2, 0) is 17.6 Å². The molecule has 1 heterocycles. The zero-order valence-electron chi connectivity index (χ0n) is 25.3. The van der Waals surface area contributed by atoms with Crippen molar-refractivity contribution < 1.29 is 18.9 Å². The van der Waals surface area contributed by atoms with Crippen LogP contribution in [0.15, 0.2) is 66.9 Å². The normalized spacial score (nSPS) is 11.8. The van der Waals surface area contributed by atoms with Crippen molar-refractivity contribution >= 4 is 23.2 Å². The highest BCUT2D eigenvalue weighted by atomic mass is 35.5. The van der Waals surface area contributed by atoms with Crippen LogP contribution in [0, 0.1) is 13.8 Å². The maximum atomic E-state index is 6.29. The molecule has 1 aromatic heterocycles. The van der Waals surface area contributed by atoms with Gasteiger partial charge in [0, 0.05) is 37.5 Å². The van der Waals surface area contributed by atoms with Crippen molar-refractivity contribution in [1.29, 1.82) is 0 Å². The number of hydrogen-bond donors (Lipinski definition) is 1. The molecule has 8 heteroatoms. The second-order valence-corrected chi connectivity index (χ2v) is 11.4. The maximum Gasteiger partial charge on any atom is 0.213 e. The highest BCUT2D eigenvalue weighted by molar-refractivity contribution is 6.37. The molecule has 43 heavy (non-hydrogen) atoms. The molecule has 0 saturated heterocycles. The summed E-state index contributed by atoms with van der Waals surface area (Å²) in [5.41, 5.74) is 14.4. The van der Waals surface area contributed by atoms with E-state index in [4.69, 9.17) is 47.9 Å². The first kappa shape index (κ1) is 32.6. The Morgan fingerprint density at radius 3 is 2.23 bits per heavy atom. The van der Waals surface area contributed by atoms with Gasteiger partial charge in [-0.2, -0.15) is 0 Å². The van der Waals surface area contributed by atoms with E-state index >= 15 is 0 Å². The van der Waals surface area contributed by atoms with E-state index in [-0.39, 0.29) is 5.92 Å². The summed E-state index contributed by atoms with van der Waals surface area (Å²) in [7, 11) is 3.37. The van der Waals surface area contributed by atoms with Gasteiger partial charge in [0.2, 0.25) is 5.88 Å². The molecule has 0 aliphatic carbocycles. The van der Waals surface area contributed by atoms with Crippen molar-refractivity contribution in [2.75, 3.05) is 40.6 Å². The zero-order chi connectivity index (χ0) is 30.8. The number of aryl methyl sites for hydroxylation is 3. The molecule has 0 radical (unpaired) electrons. The van der Waals surface area contributed by atoms with E-state index < -0.39 is 0 Å². The van der Waals surface area contributed by atoms with E-state index in [9.17, 15) is 0 Å². The fourth-order valence-corrected chi connectivity index (χ4v) is 5.92. The number of rotatable bonds is 15. The van der Waals surface area contributed by atoms with Crippen LogP contribution in [0.2, 0.25) is 10.0 Å². The molecular weight excluding hydrogens is 583 g/mol. The SMILES string of the molecule is COCCCc1cc(OC)ncc1-c1ccc(C(CN)Cc2ccc(OCCOc3c(Cl)cc(C)cc3Cl)cc2)c(C)c1. The van der Waals surface area contributed by atoms with E-state index in [0.717, 1.165) is 41.7 Å². The number of ether oxygens (including phenoxy) is 4. The van der Waals surface area contributed by atoms with Crippen molar-refractivity contribution in [2.24, 2.45) is 5.73 Å². The predicted molar refractivity (Wildman–Crippen MR) is 175 cm³/mol. The fraction of sp³-hybridized carbons (Fsp3) is 0.343. The smallest absolute Gasteiger partial charge is 0.213 e. The molecule has 0 saturated carbocycles. The summed E-state index contributed by atoms with van der Waals surface area (Å²) >= 11 is 12.5. The number of nitrogens with two attached hydrogens (primary N) is 1. The molecule has 4 rings (SSSR count). The number of benzene rings is 3. The molecule has 6 nitrogen and oxygen atoms in total. The van der Waals surface area contributed by atoms with Gasteiger partial charge in [0.1, 0.15) is 19.0 Å². The minimum absolute atomic E-state index is 0.188. The van der Waals surface area contributed by atoms with E-state index in [2.05, 4.69) is 42.2 Å². The molecule has 3 aromatic carbocycles. The summed E-state index contributed by atoms with van der Waals surface area (Å²) in [6, 6.07) is 20.4. The molecule has 0 spiro atoms. The van der Waals surface area contributed by atoms with Crippen LogP contribution in [0.3, 0.4) is 0 Å². The highest BCUT2D eigenvalue weighted by Crippen LogP contribution is 2.34. The van der Waals surface area contributed by atoms with Gasteiger partial charge in [-0.25, -0.2) is 4.98 Å². The Morgan fingerprint density at radius 1 is 0.860 bits per heavy atom. The third kappa shape index (κ3) is 8.87. The van der Waals surface area contributed by atoms with E-state index in [1.54, 1.807) is 14.2 Å². The van der Waals surface area contributed by atoms with Crippen LogP contribution in [0.25, 0.3) is 11.1 Å². The summed E-state index contributed by atoms with van der Waals surface area (Å²) in [5, 5.41) is 0.989. The lowest BCUT2D eigenvalue weighted by molar-refractivity contribution is 0.195. The Balaban J connectivity index is 1.38. The number of pyridine rings is 1. The Labute approximate surface area is 265 Å². The monoisotopic (exact) mass is 622 g/mol. The van der Waals surface area contributed by atoms with Crippen molar-refractivity contribution in [3.63, 3.8) is 0 Å². The van der Waals surface area contributed by atoms with Crippen LogP contribution in [0.4, 0.5) is 0 Å². The fourth-order valence-electron chi connectivity index (χ4n) is 5.22. The van der Waals surface area contributed by atoms with Gasteiger partial charge in [-0.05, 0) is 97.3 Å². The van der Waals surface area contributed by atoms with Crippen molar-refractivity contribution in [3.05, 3.63) is 105 Å². The Hall–Kier alpha value is -3.29. The summed E-state index contributed by atoms with van der Waals surface area (Å²) < 4.78 is 22.3. The largest absolute Gasteiger partial charge is 0.490 e. The third-order valence-corrected chi connectivity index (χ3v) is 7.98. The van der Waals surface area contributed by atoms with Crippen LogP contribution in [-0.4, -0.2) is 45.6 Å². The minimum Gasteiger partial charge on any atom is -0.490 e. The van der Waals surface area contributed by atoms with E-state index in [0.29, 0.717) is 48.0 Å². The van der Waals surface area contributed by atoms with Gasteiger partial charge < -0.3 is 24.7 Å². The van der Waals surface area contributed by atoms with Gasteiger partial charge in [0.15, 0.2) is 5.75 Å². The summed E-state index contributed by atoms with van der Waals surface area (Å²) in [6.07, 6.45) is 4.55. The lowest BCUT2D eigenvalue weighted by Gasteiger charge is -2.20. The molecule has 2 N–H and O–H groups in total. The first-order valence-electron chi connectivity index (χ1n) is 14.5. The van der Waals surface area contributed by atoms with Gasteiger partial charge in [-0.3, -0.25) is 0 Å². The van der Waals surface area contributed by atoms with Gasteiger partial charge >= 0.3 is 0 Å². The van der Waals surface area contributed by atoms with Crippen LogP contribution in [0.1, 0.15) is 40.2 Å². The van der Waals surface area contributed by atoms with Crippen LogP contribution in [0.5, 0.6) is 17.4 Å². The first-order chi connectivity index (χ1) is 20.8. The quantitative estimate of drug-likeness (QED) is 0.135. The second kappa shape index (κ2) is 16.0. The maximum absolute atomic E-state index is 6.29. The Morgan fingerprint density at radius 2 is 1.58 bits per heavy atom. The molecule has 4 aromatic rings. The van der Waals surface area contributed by atoms with Crippen LogP contribution >= 0.6 is 23.2 Å². The molecule has 0 amide bonds. The molecular formula is C35H40Cl2N2O4. The van der Waals surface area contributed by atoms with E-state index in [1.807, 2.05) is 43.5 Å². The minimum atomic E-state index is 0.188. The van der Waals surface area contributed by atoms with Gasteiger partial charge in [0.05, 0.1) is 17.2 Å². The average molecular weight is 624 g/mol. The van der Waals surface area contributed by atoms with Gasteiger partial charge in [0.25, 0.3) is 0 Å². The Bertz CT molecular complexity index is 1470. The van der Waals surface area contributed by atoms with Gasteiger partial charge in [-0.1, -0.05) is 53.5 Å². The number of methoxy groups -OCH3 is 2. The third-order valence-electron chi connectivity index (χ3n) is 7.42. The topological polar surface area (TPSA) is 75.8 Å². The molecule has 0 aliphatic heterocycles. The van der Waals surface area contributed by atoms with Crippen molar-refractivity contribution in [3.8, 4) is 28.5 Å². The molecule has 0 fully saturated rings. The number of nitrogens with zero attached hydrogens (tertiary/aromatic N) is 1. The zero-order valence-corrected chi connectivity index (χ0v) is 26.8. The predicted octanol–water partition coefficient (Wildman–Crippen LogP) is 8.00. The summed E-state index contributed by atoms with van der Waals surface area (Å²) in [4.78, 5) is 4.47. The molecule has 228 valence electrons. The highest BCUT2D eigenvalue weighted by Gasteiger charge is 2.16. The number of aromatic nitrogens is 1. The standard InChI is InChI=1S/C35H40Cl2N2O4/c1-23-16-32(36)35(33(37)17-23)43-15-14-42-29-10-7-25(8-11-29)19-28(21-38)30-12-9-27(18-24(30)2)31-22-39-34(41-4)20-26(31)6-5-13-40-3/h7-12,16-18,20,22,28H,5-6,13-15,19,21,38H2,1-4H3. The van der Waals surface area contributed by atoms with Crippen LogP contribution < -0.4 is 19.9 Å². The van der Waals surface area contributed by atoms with Crippen molar-refractivity contribution in [2.45, 2.75) is 39.0 Å². The molecule has 0 aliphatic rings. The molecule has 1 unspecified atom stereocenters. The second-order valence-electron chi connectivity index (χ2n) is 10.6. The first-order valence-corrected chi connectivity index (χ1v) is 15.2. The molecule has 0 bridgehead atoms. The van der Waals surface area contributed by atoms with E-state index in [1.165, 1.54) is 22.3 Å². The summed E-state index contributed by atoms with van der Waals surface area (Å²) in [5.74, 6) is 2.06. The average Bonchev–Trinajstić information content (AvgIpc) is 3.00. The number of hydrogen-bond acceptors (Lipinski definition) is 6. The summed E-state index contributed by atoms with van der Waals surface area (Å²) in [6.45, 7) is 6.04. The Kier molecular flexibility index (Phi) is 12.1.